The van der Waals surface area contributed by atoms with Gasteiger partial charge in [-0.3, -0.25) is 4.79 Å². The van der Waals surface area contributed by atoms with Crippen molar-refractivity contribution in [2.24, 2.45) is 0 Å². The van der Waals surface area contributed by atoms with Crippen LogP contribution in [0, 0.1) is 13.8 Å². The molecule has 3 aromatic rings. The second-order valence-corrected chi connectivity index (χ2v) is 8.21. The Morgan fingerprint density at radius 3 is 2.76 bits per heavy atom. The summed E-state index contributed by atoms with van der Waals surface area (Å²) in [4.78, 5) is 26.2. The number of aryl methyl sites for hydroxylation is 3. The molecule has 0 unspecified atom stereocenters. The molecule has 1 amide bonds. The molecule has 1 aliphatic carbocycles. The number of fused-ring (bicyclic) bond motifs is 1. The van der Waals surface area contributed by atoms with Crippen molar-refractivity contribution in [3.63, 3.8) is 0 Å². The van der Waals surface area contributed by atoms with Crippen LogP contribution in [0.1, 0.15) is 67.0 Å². The van der Waals surface area contributed by atoms with Crippen molar-refractivity contribution >= 4 is 28.2 Å². The van der Waals surface area contributed by atoms with E-state index in [0.717, 1.165) is 53.1 Å². The van der Waals surface area contributed by atoms with Crippen LogP contribution in [0.25, 0.3) is 0 Å². The topological polar surface area (TPSA) is 94.6 Å². The molecule has 3 heterocycles. The highest BCUT2D eigenvalue weighted by Gasteiger charge is 2.27. The molecule has 1 aliphatic rings. The average molecular weight is 414 g/mol. The van der Waals surface area contributed by atoms with Crippen LogP contribution in [0.5, 0.6) is 0 Å². The molecule has 3 aromatic heterocycles. The predicted octanol–water partition coefficient (Wildman–Crippen LogP) is 4.45. The van der Waals surface area contributed by atoms with Crippen LogP contribution in [0.3, 0.4) is 0 Å². The zero-order chi connectivity index (χ0) is 20.5. The Labute approximate surface area is 172 Å². The molecule has 4 rings (SSSR count). The van der Waals surface area contributed by atoms with Crippen molar-refractivity contribution in [2.75, 3.05) is 12.4 Å². The van der Waals surface area contributed by atoms with Crippen molar-refractivity contribution in [1.82, 2.24) is 5.16 Å². The lowest BCUT2D eigenvalue weighted by Crippen LogP contribution is -2.14. The molecule has 29 heavy (non-hydrogen) atoms. The van der Waals surface area contributed by atoms with Crippen LogP contribution < -0.4 is 5.32 Å². The maximum absolute atomic E-state index is 12.8. The number of carbonyl (C=O) groups is 2. The third-order valence-corrected chi connectivity index (χ3v) is 6.41. The van der Waals surface area contributed by atoms with Gasteiger partial charge >= 0.3 is 5.97 Å². The van der Waals surface area contributed by atoms with Gasteiger partial charge in [-0.15, -0.1) is 11.3 Å². The molecule has 7 nitrogen and oxygen atoms in total. The second-order valence-electron chi connectivity index (χ2n) is 7.11. The minimum absolute atomic E-state index is 0.189. The van der Waals surface area contributed by atoms with Gasteiger partial charge in [0.15, 0.2) is 5.76 Å². The van der Waals surface area contributed by atoms with Gasteiger partial charge in [0.05, 0.1) is 18.4 Å². The first kappa shape index (κ1) is 19.4. The smallest absolute Gasteiger partial charge is 0.341 e. The van der Waals surface area contributed by atoms with Gasteiger partial charge in [0, 0.05) is 16.9 Å². The minimum atomic E-state index is -0.418. The molecular weight excluding hydrogens is 392 g/mol. The molecule has 0 saturated heterocycles. The molecule has 0 spiro atoms. The number of furan rings is 1. The molecule has 1 N–H and O–H groups in total. The van der Waals surface area contributed by atoms with E-state index < -0.39 is 11.9 Å². The third-order valence-electron chi connectivity index (χ3n) is 5.21. The Morgan fingerprint density at radius 2 is 2.03 bits per heavy atom. The quantitative estimate of drug-likeness (QED) is 0.620. The Morgan fingerprint density at radius 1 is 1.24 bits per heavy atom. The Kier molecular flexibility index (Phi) is 5.27. The van der Waals surface area contributed by atoms with Crippen molar-refractivity contribution in [2.45, 2.75) is 46.0 Å². The number of methoxy groups -OCH3 is 1. The number of nitrogens with zero attached hydrogens (tertiary/aromatic N) is 1. The van der Waals surface area contributed by atoms with E-state index in [1.54, 1.807) is 12.1 Å². The number of amides is 1. The number of anilines is 1. The maximum Gasteiger partial charge on any atom is 0.341 e. The molecule has 0 aromatic carbocycles. The Balaban J connectivity index is 1.55. The van der Waals surface area contributed by atoms with Gasteiger partial charge in [-0.1, -0.05) is 5.16 Å². The van der Waals surface area contributed by atoms with Crippen LogP contribution >= 0.6 is 11.3 Å². The molecular formula is C21H22N2O5S. The summed E-state index contributed by atoms with van der Waals surface area (Å²) in [5.74, 6) is 0.756. The van der Waals surface area contributed by atoms with E-state index in [4.69, 9.17) is 13.7 Å². The molecule has 0 saturated carbocycles. The Hall–Kier alpha value is -2.87. The molecule has 0 aliphatic heterocycles. The van der Waals surface area contributed by atoms with Gasteiger partial charge in [-0.2, -0.15) is 0 Å². The molecule has 0 atom stereocenters. The summed E-state index contributed by atoms with van der Waals surface area (Å²) >= 11 is 1.45. The standard InChI is InChI=1S/C21H22N2O5S/c1-11-15(12(2)28-23-11)10-13-8-9-16(27-13)19(24)22-20-18(21(25)26-3)14-6-4-5-7-17(14)29-20/h8-9H,4-7,10H2,1-3H3,(H,22,24). The van der Waals surface area contributed by atoms with E-state index in [9.17, 15) is 9.59 Å². The first-order valence-corrected chi connectivity index (χ1v) is 10.3. The summed E-state index contributed by atoms with van der Waals surface area (Å²) in [7, 11) is 1.36. The lowest BCUT2D eigenvalue weighted by molar-refractivity contribution is 0.0601. The number of thiophene rings is 1. The van der Waals surface area contributed by atoms with Crippen LogP contribution in [0.4, 0.5) is 5.00 Å². The largest absolute Gasteiger partial charge is 0.465 e. The highest BCUT2D eigenvalue weighted by molar-refractivity contribution is 7.17. The SMILES string of the molecule is COC(=O)c1c(NC(=O)c2ccc(Cc3c(C)noc3C)o2)sc2c1CCCC2. The van der Waals surface area contributed by atoms with Gasteiger partial charge in [-0.25, -0.2) is 4.79 Å². The van der Waals surface area contributed by atoms with Crippen molar-refractivity contribution in [3.05, 3.63) is 56.7 Å². The number of hydrogen-bond donors (Lipinski definition) is 1. The summed E-state index contributed by atoms with van der Waals surface area (Å²) < 4.78 is 15.9. The predicted molar refractivity (Wildman–Crippen MR) is 108 cm³/mol. The van der Waals surface area contributed by atoms with Crippen LogP contribution in [0.2, 0.25) is 0 Å². The molecule has 152 valence electrons. The lowest BCUT2D eigenvalue weighted by Gasteiger charge is -2.11. The fourth-order valence-corrected chi connectivity index (χ4v) is 4.93. The van der Waals surface area contributed by atoms with Crippen molar-refractivity contribution in [3.8, 4) is 0 Å². The average Bonchev–Trinajstić information content (AvgIpc) is 3.41. The number of rotatable bonds is 5. The van der Waals surface area contributed by atoms with Gasteiger partial charge < -0.3 is 19.0 Å². The number of ether oxygens (including phenoxy) is 1. The van der Waals surface area contributed by atoms with Crippen molar-refractivity contribution in [1.29, 1.82) is 0 Å². The van der Waals surface area contributed by atoms with E-state index in [0.29, 0.717) is 22.7 Å². The normalized spacial score (nSPS) is 13.2. The summed E-state index contributed by atoms with van der Waals surface area (Å²) in [6.07, 6.45) is 4.36. The monoisotopic (exact) mass is 414 g/mol. The van der Waals surface area contributed by atoms with Gasteiger partial charge in [0.2, 0.25) is 0 Å². The molecule has 8 heteroatoms. The van der Waals surface area contributed by atoms with Gasteiger partial charge in [-0.05, 0) is 57.2 Å². The van der Waals surface area contributed by atoms with Crippen LogP contribution in [0.15, 0.2) is 21.1 Å². The highest BCUT2D eigenvalue weighted by Crippen LogP contribution is 2.38. The van der Waals surface area contributed by atoms with E-state index in [-0.39, 0.29) is 5.76 Å². The molecule has 0 radical (unpaired) electrons. The fourth-order valence-electron chi connectivity index (χ4n) is 3.66. The number of nitrogens with one attached hydrogen (secondary N) is 1. The minimum Gasteiger partial charge on any atom is -0.465 e. The zero-order valence-electron chi connectivity index (χ0n) is 16.6. The third kappa shape index (κ3) is 3.72. The zero-order valence-corrected chi connectivity index (χ0v) is 17.4. The first-order chi connectivity index (χ1) is 14.0. The second kappa shape index (κ2) is 7.87. The highest BCUT2D eigenvalue weighted by atomic mass is 32.1. The van der Waals surface area contributed by atoms with E-state index in [1.165, 1.54) is 18.4 Å². The van der Waals surface area contributed by atoms with Crippen LogP contribution in [-0.2, 0) is 24.0 Å². The maximum atomic E-state index is 12.8. The number of esters is 1. The van der Waals surface area contributed by atoms with E-state index >= 15 is 0 Å². The Bertz CT molecular complexity index is 1060. The number of carbonyl (C=O) groups excluding carboxylic acids is 2. The van der Waals surface area contributed by atoms with Crippen LogP contribution in [-0.4, -0.2) is 24.1 Å². The number of hydrogen-bond acceptors (Lipinski definition) is 7. The molecule has 0 bridgehead atoms. The lowest BCUT2D eigenvalue weighted by atomic mass is 9.95. The van der Waals surface area contributed by atoms with Crippen molar-refractivity contribution < 1.29 is 23.3 Å². The molecule has 0 fully saturated rings. The summed E-state index contributed by atoms with van der Waals surface area (Å²) in [5.41, 5.74) is 3.23. The fraction of sp³-hybridized carbons (Fsp3) is 0.381. The van der Waals surface area contributed by atoms with Gasteiger partial charge in [0.25, 0.3) is 5.91 Å². The summed E-state index contributed by atoms with van der Waals surface area (Å²) in [5, 5.41) is 7.31. The van der Waals surface area contributed by atoms with E-state index in [2.05, 4.69) is 10.5 Å². The van der Waals surface area contributed by atoms with Gasteiger partial charge in [0.1, 0.15) is 16.5 Å². The summed E-state index contributed by atoms with van der Waals surface area (Å²) in [6, 6.07) is 3.40. The summed E-state index contributed by atoms with van der Waals surface area (Å²) in [6.45, 7) is 3.72. The van der Waals surface area contributed by atoms with E-state index in [1.807, 2.05) is 13.8 Å². The number of aromatic nitrogens is 1. The first-order valence-electron chi connectivity index (χ1n) is 9.52.